The highest BCUT2D eigenvalue weighted by Crippen LogP contribution is 2.46. The van der Waals surface area contributed by atoms with E-state index in [1.807, 2.05) is 6.26 Å². The van der Waals surface area contributed by atoms with Gasteiger partial charge in [-0.3, -0.25) is 0 Å². The number of sulfonamides is 1. The van der Waals surface area contributed by atoms with E-state index in [-0.39, 0.29) is 20.5 Å². The van der Waals surface area contributed by atoms with Crippen LogP contribution in [-0.2, 0) is 10.0 Å². The first-order valence-corrected chi connectivity index (χ1v) is 8.43. The fourth-order valence-corrected chi connectivity index (χ4v) is 3.63. The third kappa shape index (κ3) is 2.90. The van der Waals surface area contributed by atoms with E-state index >= 15 is 0 Å². The molecule has 0 aromatic carbocycles. The second-order valence-corrected chi connectivity index (χ2v) is 7.70. The summed E-state index contributed by atoms with van der Waals surface area (Å²) in [5, 5.41) is 0.142. The van der Waals surface area contributed by atoms with Gasteiger partial charge in [-0.1, -0.05) is 11.6 Å². The molecule has 1 fully saturated rings. The first-order chi connectivity index (χ1) is 8.38. The van der Waals surface area contributed by atoms with Crippen molar-refractivity contribution in [1.29, 1.82) is 0 Å². The molecular formula is C10H14ClN3O2S2. The number of pyridine rings is 1. The number of nitrogens with two attached hydrogens (primary N) is 1. The highest BCUT2D eigenvalue weighted by atomic mass is 35.5. The van der Waals surface area contributed by atoms with Crippen LogP contribution in [0.2, 0.25) is 5.02 Å². The lowest BCUT2D eigenvalue weighted by Crippen LogP contribution is -2.31. The number of anilines is 1. The van der Waals surface area contributed by atoms with Gasteiger partial charge in [0.05, 0.1) is 5.02 Å². The van der Waals surface area contributed by atoms with Gasteiger partial charge in [0.1, 0.15) is 10.7 Å². The van der Waals surface area contributed by atoms with Gasteiger partial charge in [-0.15, -0.1) is 0 Å². The summed E-state index contributed by atoms with van der Waals surface area (Å²) in [4.78, 5) is 3.79. The minimum absolute atomic E-state index is 0.0404. The van der Waals surface area contributed by atoms with Crippen LogP contribution in [-0.4, -0.2) is 30.9 Å². The smallest absolute Gasteiger partial charge is 0.242 e. The van der Waals surface area contributed by atoms with Crippen molar-refractivity contribution in [2.75, 3.05) is 18.5 Å². The van der Waals surface area contributed by atoms with Crippen LogP contribution in [0.25, 0.3) is 0 Å². The van der Waals surface area contributed by atoms with Gasteiger partial charge in [0.15, 0.2) is 0 Å². The van der Waals surface area contributed by atoms with E-state index in [2.05, 4.69) is 9.71 Å². The minimum atomic E-state index is -3.57. The molecule has 1 saturated carbocycles. The van der Waals surface area contributed by atoms with Crippen molar-refractivity contribution in [3.63, 3.8) is 0 Å². The number of hydrogen-bond acceptors (Lipinski definition) is 5. The maximum absolute atomic E-state index is 12.0. The van der Waals surface area contributed by atoms with Crippen molar-refractivity contribution in [2.24, 2.45) is 0 Å². The Hall–Kier alpha value is -0.500. The minimum Gasteiger partial charge on any atom is -0.382 e. The molecule has 5 nitrogen and oxygen atoms in total. The number of nitrogens with zero attached hydrogens (tertiary/aromatic N) is 1. The molecule has 1 heterocycles. The zero-order valence-electron chi connectivity index (χ0n) is 9.81. The van der Waals surface area contributed by atoms with Crippen LogP contribution in [0.4, 0.5) is 5.82 Å². The van der Waals surface area contributed by atoms with Crippen LogP contribution in [0.15, 0.2) is 17.2 Å². The quantitative estimate of drug-likeness (QED) is 0.861. The Labute approximate surface area is 116 Å². The molecular weight excluding hydrogens is 294 g/mol. The van der Waals surface area contributed by atoms with Gasteiger partial charge in [0.25, 0.3) is 0 Å². The fourth-order valence-electron chi connectivity index (χ4n) is 1.48. The summed E-state index contributed by atoms with van der Waals surface area (Å²) >= 11 is 7.46. The van der Waals surface area contributed by atoms with Crippen LogP contribution < -0.4 is 10.5 Å². The number of rotatable bonds is 5. The summed E-state index contributed by atoms with van der Waals surface area (Å²) in [5.41, 5.74) is 5.45. The van der Waals surface area contributed by atoms with E-state index in [1.165, 1.54) is 12.3 Å². The Morgan fingerprint density at radius 3 is 2.78 bits per heavy atom. The normalized spacial score (nSPS) is 17.7. The zero-order valence-corrected chi connectivity index (χ0v) is 12.2. The monoisotopic (exact) mass is 307 g/mol. The third-order valence-corrected chi connectivity index (χ3v) is 6.07. The predicted molar refractivity (Wildman–Crippen MR) is 74.3 cm³/mol. The Morgan fingerprint density at radius 1 is 1.61 bits per heavy atom. The van der Waals surface area contributed by atoms with Crippen molar-refractivity contribution in [3.05, 3.63) is 17.3 Å². The first-order valence-electron chi connectivity index (χ1n) is 5.34. The molecule has 100 valence electrons. The Kier molecular flexibility index (Phi) is 3.77. The maximum atomic E-state index is 12.0. The lowest BCUT2D eigenvalue weighted by molar-refractivity contribution is 0.579. The second-order valence-electron chi connectivity index (χ2n) is 4.25. The number of thioether (sulfide) groups is 1. The average Bonchev–Trinajstić information content (AvgIpc) is 3.11. The molecule has 1 aliphatic carbocycles. The standard InChI is InChI=1S/C10H14ClN3O2S2/c1-17-10(2-3-10)6-14-18(15,16)7-4-8(11)9(12)13-5-7/h4-5,14H,2-3,6H2,1H3,(H2,12,13). The molecule has 0 aliphatic heterocycles. The molecule has 1 aromatic heterocycles. The zero-order chi connectivity index (χ0) is 13.4. The summed E-state index contributed by atoms with van der Waals surface area (Å²) in [7, 11) is -3.57. The van der Waals surface area contributed by atoms with Crippen molar-refractivity contribution in [1.82, 2.24) is 9.71 Å². The summed E-state index contributed by atoms with van der Waals surface area (Å²) in [6, 6.07) is 1.31. The van der Waals surface area contributed by atoms with E-state index < -0.39 is 10.0 Å². The number of nitrogen functional groups attached to an aromatic ring is 1. The van der Waals surface area contributed by atoms with E-state index in [0.29, 0.717) is 6.54 Å². The maximum Gasteiger partial charge on any atom is 0.242 e. The molecule has 2 rings (SSSR count). The van der Waals surface area contributed by atoms with Gasteiger partial charge in [-0.25, -0.2) is 18.1 Å². The topological polar surface area (TPSA) is 85.1 Å². The molecule has 18 heavy (non-hydrogen) atoms. The fraction of sp³-hybridized carbons (Fsp3) is 0.500. The molecule has 0 atom stereocenters. The van der Waals surface area contributed by atoms with Gasteiger partial charge in [0.2, 0.25) is 10.0 Å². The average molecular weight is 308 g/mol. The summed E-state index contributed by atoms with van der Waals surface area (Å²) in [6.45, 7) is 0.429. The number of halogens is 1. The summed E-state index contributed by atoms with van der Waals surface area (Å²) < 4.78 is 26.7. The number of hydrogen-bond donors (Lipinski definition) is 2. The van der Waals surface area contributed by atoms with Gasteiger partial charge in [-0.05, 0) is 25.2 Å². The third-order valence-electron chi connectivity index (χ3n) is 2.98. The molecule has 0 amide bonds. The van der Waals surface area contributed by atoms with Crippen molar-refractivity contribution >= 4 is 39.2 Å². The van der Waals surface area contributed by atoms with E-state index in [4.69, 9.17) is 17.3 Å². The molecule has 1 aromatic rings. The van der Waals surface area contributed by atoms with E-state index in [1.54, 1.807) is 11.8 Å². The van der Waals surface area contributed by atoms with Crippen LogP contribution >= 0.6 is 23.4 Å². The van der Waals surface area contributed by atoms with Crippen molar-refractivity contribution in [3.8, 4) is 0 Å². The van der Waals surface area contributed by atoms with Gasteiger partial charge >= 0.3 is 0 Å². The van der Waals surface area contributed by atoms with Crippen molar-refractivity contribution in [2.45, 2.75) is 22.5 Å². The van der Waals surface area contributed by atoms with Gasteiger partial charge in [0, 0.05) is 17.5 Å². The molecule has 0 unspecified atom stereocenters. The molecule has 8 heteroatoms. The predicted octanol–water partition coefficient (Wildman–Crippen LogP) is 1.49. The van der Waals surface area contributed by atoms with Crippen LogP contribution in [0.1, 0.15) is 12.8 Å². The number of aromatic nitrogens is 1. The first kappa shape index (κ1) is 13.9. The van der Waals surface area contributed by atoms with Crippen LogP contribution in [0.5, 0.6) is 0 Å². The number of nitrogens with one attached hydrogen (secondary N) is 1. The lowest BCUT2D eigenvalue weighted by Gasteiger charge is -2.13. The molecule has 0 saturated heterocycles. The Bertz CT molecular complexity index is 558. The van der Waals surface area contributed by atoms with Gasteiger partial charge in [-0.2, -0.15) is 11.8 Å². The molecule has 0 bridgehead atoms. The SMILES string of the molecule is CSC1(CNS(=O)(=O)c2cnc(N)c(Cl)c2)CC1. The Morgan fingerprint density at radius 2 is 2.28 bits per heavy atom. The highest BCUT2D eigenvalue weighted by molar-refractivity contribution is 8.00. The molecule has 0 radical (unpaired) electrons. The molecule has 3 N–H and O–H groups in total. The largest absolute Gasteiger partial charge is 0.382 e. The second kappa shape index (κ2) is 4.88. The molecule has 0 spiro atoms. The van der Waals surface area contributed by atoms with Crippen LogP contribution in [0.3, 0.4) is 0 Å². The van der Waals surface area contributed by atoms with Crippen LogP contribution in [0, 0.1) is 0 Å². The van der Waals surface area contributed by atoms with Crippen molar-refractivity contribution < 1.29 is 8.42 Å². The molecule has 1 aliphatic rings. The van der Waals surface area contributed by atoms with Gasteiger partial charge < -0.3 is 5.73 Å². The summed E-state index contributed by atoms with van der Waals surface area (Å²) in [5.74, 6) is 0.124. The van der Waals surface area contributed by atoms with E-state index in [0.717, 1.165) is 12.8 Å². The summed E-state index contributed by atoms with van der Waals surface area (Å²) in [6.07, 6.45) is 5.28. The highest BCUT2D eigenvalue weighted by Gasteiger charge is 2.42. The van der Waals surface area contributed by atoms with E-state index in [9.17, 15) is 8.42 Å². The lowest BCUT2D eigenvalue weighted by atomic mass is 10.4. The Balaban J connectivity index is 2.13.